The maximum absolute atomic E-state index is 4.25. The van der Waals surface area contributed by atoms with Crippen molar-refractivity contribution in [2.24, 2.45) is 0 Å². The summed E-state index contributed by atoms with van der Waals surface area (Å²) in [5.74, 6) is 0. The van der Waals surface area contributed by atoms with E-state index in [1.807, 2.05) is 5.51 Å². The van der Waals surface area contributed by atoms with Crippen molar-refractivity contribution >= 4 is 37.5 Å². The number of aromatic nitrogens is 1. The number of thiazole rings is 1. The fraction of sp³-hybridized carbons (Fsp3) is 0.300. The molecule has 2 aromatic rings. The molecule has 0 N–H and O–H groups in total. The van der Waals surface area contributed by atoms with Crippen molar-refractivity contribution in [1.82, 2.24) is 4.98 Å². The minimum Gasteiger partial charge on any atom is -0.245 e. The van der Waals surface area contributed by atoms with Gasteiger partial charge in [0.25, 0.3) is 0 Å². The van der Waals surface area contributed by atoms with Crippen molar-refractivity contribution in [2.75, 3.05) is 5.33 Å². The molecule has 0 aliphatic heterocycles. The Labute approximate surface area is 89.9 Å². The van der Waals surface area contributed by atoms with E-state index in [4.69, 9.17) is 0 Å². The Kier molecular flexibility index (Phi) is 2.96. The summed E-state index contributed by atoms with van der Waals surface area (Å²) in [6.07, 6.45) is 2.35. The van der Waals surface area contributed by atoms with Gasteiger partial charge in [0.1, 0.15) is 0 Å². The summed E-state index contributed by atoms with van der Waals surface area (Å²) in [7, 11) is 0. The summed E-state index contributed by atoms with van der Waals surface area (Å²) >= 11 is 5.15. The van der Waals surface area contributed by atoms with Gasteiger partial charge in [0.05, 0.1) is 15.7 Å². The molecule has 68 valence electrons. The lowest BCUT2D eigenvalue weighted by Crippen LogP contribution is -1.84. The molecular weight excluding hydrogens is 246 g/mol. The van der Waals surface area contributed by atoms with Crippen LogP contribution < -0.4 is 0 Å². The van der Waals surface area contributed by atoms with E-state index in [0.29, 0.717) is 0 Å². The summed E-state index contributed by atoms with van der Waals surface area (Å²) in [5, 5.41) is 1.08. The zero-order chi connectivity index (χ0) is 9.10. The molecule has 3 heteroatoms. The molecule has 2 rings (SSSR count). The number of aryl methyl sites for hydroxylation is 1. The van der Waals surface area contributed by atoms with E-state index < -0.39 is 0 Å². The maximum atomic E-state index is 4.25. The lowest BCUT2D eigenvalue weighted by atomic mass is 10.1. The number of benzene rings is 1. The molecule has 0 aliphatic rings. The van der Waals surface area contributed by atoms with Crippen LogP contribution in [0.3, 0.4) is 0 Å². The van der Waals surface area contributed by atoms with Crippen LogP contribution in [0.15, 0.2) is 23.7 Å². The Morgan fingerprint density at radius 1 is 1.38 bits per heavy atom. The summed E-state index contributed by atoms with van der Waals surface area (Å²) in [6.45, 7) is 0. The van der Waals surface area contributed by atoms with Crippen molar-refractivity contribution in [3.05, 3.63) is 29.3 Å². The van der Waals surface area contributed by atoms with Crippen LogP contribution in [0, 0.1) is 0 Å². The first kappa shape index (κ1) is 9.16. The van der Waals surface area contributed by atoms with E-state index in [2.05, 4.69) is 39.1 Å². The monoisotopic (exact) mass is 255 g/mol. The predicted octanol–water partition coefficient (Wildman–Crippen LogP) is 3.62. The third-order valence-electron chi connectivity index (χ3n) is 1.99. The van der Waals surface area contributed by atoms with Crippen LogP contribution in [0.25, 0.3) is 10.2 Å². The SMILES string of the molecule is BrCCCc1ccc2ncsc2c1. The molecular formula is C10H10BrNS. The van der Waals surface area contributed by atoms with Crippen molar-refractivity contribution in [3.63, 3.8) is 0 Å². The number of alkyl halides is 1. The zero-order valence-electron chi connectivity index (χ0n) is 7.16. The van der Waals surface area contributed by atoms with Gasteiger partial charge in [-0.2, -0.15) is 0 Å². The molecule has 13 heavy (non-hydrogen) atoms. The topological polar surface area (TPSA) is 12.9 Å². The van der Waals surface area contributed by atoms with Gasteiger partial charge in [0.2, 0.25) is 0 Å². The standard InChI is InChI=1S/C10H10BrNS/c11-5-1-2-8-3-4-9-10(6-8)13-7-12-9/h3-4,6-7H,1-2,5H2. The first-order valence-corrected chi connectivity index (χ1v) is 6.28. The summed E-state index contributed by atoms with van der Waals surface area (Å²) in [6, 6.07) is 6.52. The second kappa shape index (κ2) is 4.20. The van der Waals surface area contributed by atoms with Crippen molar-refractivity contribution < 1.29 is 0 Å². The molecule has 0 aliphatic carbocycles. The van der Waals surface area contributed by atoms with E-state index in [-0.39, 0.29) is 0 Å². The Bertz CT molecular complexity index is 396. The molecule has 0 amide bonds. The average molecular weight is 256 g/mol. The number of hydrogen-bond acceptors (Lipinski definition) is 2. The van der Waals surface area contributed by atoms with Crippen LogP contribution in [-0.4, -0.2) is 10.3 Å². The quantitative estimate of drug-likeness (QED) is 0.764. The van der Waals surface area contributed by atoms with Gasteiger partial charge in [-0.3, -0.25) is 0 Å². The van der Waals surface area contributed by atoms with Gasteiger partial charge in [-0.05, 0) is 30.5 Å². The van der Waals surface area contributed by atoms with Crippen LogP contribution in [0.5, 0.6) is 0 Å². The van der Waals surface area contributed by atoms with E-state index in [1.165, 1.54) is 16.7 Å². The van der Waals surface area contributed by atoms with Crippen LogP contribution >= 0.6 is 27.3 Å². The van der Waals surface area contributed by atoms with Gasteiger partial charge in [-0.1, -0.05) is 22.0 Å². The predicted molar refractivity (Wildman–Crippen MR) is 61.7 cm³/mol. The number of hydrogen-bond donors (Lipinski definition) is 0. The lowest BCUT2D eigenvalue weighted by Gasteiger charge is -1.98. The first-order chi connectivity index (χ1) is 6.40. The minimum atomic E-state index is 1.08. The van der Waals surface area contributed by atoms with E-state index >= 15 is 0 Å². The van der Waals surface area contributed by atoms with Gasteiger partial charge in [0, 0.05) is 5.33 Å². The highest BCUT2D eigenvalue weighted by Crippen LogP contribution is 2.19. The summed E-state index contributed by atoms with van der Waals surface area (Å²) in [5.41, 5.74) is 4.43. The highest BCUT2D eigenvalue weighted by molar-refractivity contribution is 9.09. The lowest BCUT2D eigenvalue weighted by molar-refractivity contribution is 0.942. The van der Waals surface area contributed by atoms with Gasteiger partial charge in [0.15, 0.2) is 0 Å². The third kappa shape index (κ3) is 2.09. The van der Waals surface area contributed by atoms with Gasteiger partial charge < -0.3 is 0 Å². The Hall–Kier alpha value is -0.410. The first-order valence-electron chi connectivity index (χ1n) is 4.28. The second-order valence-corrected chi connectivity index (χ2v) is 4.63. The smallest absolute Gasteiger partial charge is 0.0812 e. The Balaban J connectivity index is 2.26. The Morgan fingerprint density at radius 2 is 2.31 bits per heavy atom. The molecule has 0 fully saturated rings. The molecule has 0 saturated heterocycles. The van der Waals surface area contributed by atoms with Crippen LogP contribution in [0.2, 0.25) is 0 Å². The maximum Gasteiger partial charge on any atom is 0.0812 e. The summed E-state index contributed by atoms with van der Waals surface area (Å²) in [4.78, 5) is 4.25. The molecule has 0 atom stereocenters. The normalized spacial score (nSPS) is 10.8. The van der Waals surface area contributed by atoms with Crippen molar-refractivity contribution in [2.45, 2.75) is 12.8 Å². The Morgan fingerprint density at radius 3 is 3.15 bits per heavy atom. The zero-order valence-corrected chi connectivity index (χ0v) is 9.57. The largest absolute Gasteiger partial charge is 0.245 e. The second-order valence-electron chi connectivity index (χ2n) is 2.95. The van der Waals surface area contributed by atoms with E-state index in [9.17, 15) is 0 Å². The van der Waals surface area contributed by atoms with Crippen molar-refractivity contribution in [3.8, 4) is 0 Å². The molecule has 0 bridgehead atoms. The van der Waals surface area contributed by atoms with Crippen LogP contribution in [0.4, 0.5) is 0 Å². The molecule has 1 aromatic carbocycles. The molecule has 1 aromatic heterocycles. The van der Waals surface area contributed by atoms with Crippen LogP contribution in [-0.2, 0) is 6.42 Å². The van der Waals surface area contributed by atoms with E-state index in [0.717, 1.165) is 17.3 Å². The third-order valence-corrected chi connectivity index (χ3v) is 3.35. The highest BCUT2D eigenvalue weighted by atomic mass is 79.9. The van der Waals surface area contributed by atoms with Gasteiger partial charge >= 0.3 is 0 Å². The van der Waals surface area contributed by atoms with Crippen molar-refractivity contribution in [1.29, 1.82) is 0 Å². The molecule has 0 unspecified atom stereocenters. The number of halogens is 1. The number of nitrogens with zero attached hydrogens (tertiary/aromatic N) is 1. The van der Waals surface area contributed by atoms with Gasteiger partial charge in [-0.25, -0.2) is 4.98 Å². The number of fused-ring (bicyclic) bond motifs is 1. The minimum absolute atomic E-state index is 1.08. The van der Waals surface area contributed by atoms with E-state index in [1.54, 1.807) is 11.3 Å². The average Bonchev–Trinajstić information content (AvgIpc) is 2.61. The molecule has 1 heterocycles. The molecule has 0 spiro atoms. The highest BCUT2D eigenvalue weighted by Gasteiger charge is 1.98. The molecule has 0 radical (unpaired) electrons. The molecule has 1 nitrogen and oxygen atoms in total. The van der Waals surface area contributed by atoms with Gasteiger partial charge in [-0.15, -0.1) is 11.3 Å². The molecule has 0 saturated carbocycles. The fourth-order valence-electron chi connectivity index (χ4n) is 1.33. The van der Waals surface area contributed by atoms with Crippen LogP contribution in [0.1, 0.15) is 12.0 Å². The summed E-state index contributed by atoms with van der Waals surface area (Å²) < 4.78 is 1.30. The number of rotatable bonds is 3. The fourth-order valence-corrected chi connectivity index (χ4v) is 2.35.